The first-order valence-corrected chi connectivity index (χ1v) is 14.1. The number of H-pyrrole nitrogens is 2. The number of hydrogen-bond donors (Lipinski definition) is 6. The fraction of sp³-hybridized carbons (Fsp3) is 0.312. The van der Waals surface area contributed by atoms with Crippen LogP contribution in [0, 0.1) is 10.8 Å². The van der Waals surface area contributed by atoms with Crippen molar-refractivity contribution in [1.29, 1.82) is 0 Å². The third-order valence-electron chi connectivity index (χ3n) is 7.19. The van der Waals surface area contributed by atoms with Gasteiger partial charge in [-0.05, 0) is 33.1 Å². The third kappa shape index (κ3) is 7.20. The third-order valence-corrected chi connectivity index (χ3v) is 7.19. The summed E-state index contributed by atoms with van der Waals surface area (Å²) in [6.45, 7) is 11.6. The summed E-state index contributed by atoms with van der Waals surface area (Å²) in [5.74, 6) is -2.79. The molecule has 12 heteroatoms. The van der Waals surface area contributed by atoms with Crippen molar-refractivity contribution < 1.29 is 19.2 Å². The topological polar surface area (TPSA) is 202 Å². The average Bonchev–Trinajstić information content (AvgIpc) is 3.64. The maximum absolute atomic E-state index is 12.0. The molecule has 0 radical (unpaired) electrons. The van der Waals surface area contributed by atoms with E-state index in [9.17, 15) is 19.2 Å². The highest BCUT2D eigenvalue weighted by atomic mass is 16.2. The Bertz CT molecular complexity index is 1550. The number of nitrogens with two attached hydrogens (primary N) is 2. The Morgan fingerprint density at radius 3 is 1.16 bits per heavy atom. The number of nitrogens with zero attached hydrogens (tertiary/aromatic N) is 2. The van der Waals surface area contributed by atoms with Gasteiger partial charge in [0.25, 0.3) is 0 Å². The van der Waals surface area contributed by atoms with Gasteiger partial charge in [-0.2, -0.15) is 0 Å². The normalized spacial score (nSPS) is 13.1. The summed E-state index contributed by atoms with van der Waals surface area (Å²) in [6.07, 6.45) is 3.38. The van der Waals surface area contributed by atoms with Gasteiger partial charge in [-0.3, -0.25) is 19.2 Å². The largest absolute Gasteiger partial charge is 0.361 e. The van der Waals surface area contributed by atoms with Crippen molar-refractivity contribution in [3.8, 4) is 33.6 Å². The SMILES string of the molecule is CC(C)(C)C(NC(=O)C(N)=O)c1ncc(-c2ccc(-c3ccc(-c4cnc(C(NC(=O)C(N)=O)C(C)(C)C)[nH]4)cc3)cc2)[nH]1. The second-order valence-corrected chi connectivity index (χ2v) is 12.8. The van der Waals surface area contributed by atoms with Gasteiger partial charge in [-0.25, -0.2) is 9.97 Å². The number of primary amides is 2. The predicted octanol–water partition coefficient (Wildman–Crippen LogP) is 3.51. The molecule has 230 valence electrons. The summed E-state index contributed by atoms with van der Waals surface area (Å²) in [7, 11) is 0. The van der Waals surface area contributed by atoms with Gasteiger partial charge < -0.3 is 32.1 Å². The number of amides is 4. The zero-order valence-corrected chi connectivity index (χ0v) is 25.6. The first-order valence-electron chi connectivity index (χ1n) is 14.1. The van der Waals surface area contributed by atoms with E-state index < -0.39 is 46.5 Å². The van der Waals surface area contributed by atoms with Crippen molar-refractivity contribution in [2.24, 2.45) is 22.3 Å². The molecule has 0 saturated carbocycles. The monoisotopic (exact) mass is 598 g/mol. The van der Waals surface area contributed by atoms with Gasteiger partial charge in [0.15, 0.2) is 0 Å². The van der Waals surface area contributed by atoms with E-state index in [1.165, 1.54) is 0 Å². The minimum Gasteiger partial charge on any atom is -0.361 e. The second kappa shape index (κ2) is 12.2. The molecule has 4 aromatic rings. The summed E-state index contributed by atoms with van der Waals surface area (Å²) in [5, 5.41) is 5.32. The standard InChI is InChI=1S/C32H38N8O4/c1-31(2,3)23(39-29(43)25(33)41)27-35-15-21(37-27)19-11-7-17(8-12-19)18-9-13-20(14-10-18)22-16-36-28(38-22)24(32(4,5)6)40-30(44)26(34)42/h7-16,23-24H,1-6H3,(H2,33,41)(H2,34,42)(H,35,37)(H,36,38)(H,39,43)(H,40,44). The second-order valence-electron chi connectivity index (χ2n) is 12.8. The smallest absolute Gasteiger partial charge is 0.309 e. The first kappa shape index (κ1) is 31.7. The number of carbonyl (C=O) groups is 4. The molecule has 2 aromatic heterocycles. The van der Waals surface area contributed by atoms with Gasteiger partial charge in [0.05, 0.1) is 35.9 Å². The molecule has 12 nitrogen and oxygen atoms in total. The molecule has 0 bridgehead atoms. The molecule has 0 aliphatic heterocycles. The molecule has 2 unspecified atom stereocenters. The number of benzene rings is 2. The first-order chi connectivity index (χ1) is 20.5. The molecular formula is C32H38N8O4. The van der Waals surface area contributed by atoms with Crippen LogP contribution in [0.2, 0.25) is 0 Å². The molecule has 0 fully saturated rings. The Balaban J connectivity index is 1.50. The van der Waals surface area contributed by atoms with Gasteiger partial charge in [0.1, 0.15) is 11.6 Å². The summed E-state index contributed by atoms with van der Waals surface area (Å²) >= 11 is 0. The van der Waals surface area contributed by atoms with Crippen LogP contribution in [0.15, 0.2) is 60.9 Å². The van der Waals surface area contributed by atoms with Crippen LogP contribution in [0.5, 0.6) is 0 Å². The molecule has 44 heavy (non-hydrogen) atoms. The molecule has 2 atom stereocenters. The molecule has 0 aliphatic rings. The van der Waals surface area contributed by atoms with E-state index in [1.807, 2.05) is 90.1 Å². The Morgan fingerprint density at radius 2 is 0.886 bits per heavy atom. The van der Waals surface area contributed by atoms with Crippen LogP contribution in [0.25, 0.3) is 33.6 Å². The lowest BCUT2D eigenvalue weighted by Crippen LogP contribution is -2.43. The van der Waals surface area contributed by atoms with Gasteiger partial charge in [-0.15, -0.1) is 0 Å². The molecule has 2 aromatic carbocycles. The van der Waals surface area contributed by atoms with Gasteiger partial charge in [-0.1, -0.05) is 90.1 Å². The number of aromatic nitrogens is 4. The zero-order chi connectivity index (χ0) is 32.4. The molecule has 0 saturated heterocycles. The van der Waals surface area contributed by atoms with Crippen molar-refractivity contribution in [1.82, 2.24) is 30.6 Å². The lowest BCUT2D eigenvalue weighted by molar-refractivity contribution is -0.138. The molecule has 0 aliphatic carbocycles. The van der Waals surface area contributed by atoms with Crippen molar-refractivity contribution in [2.75, 3.05) is 0 Å². The highest BCUT2D eigenvalue weighted by Crippen LogP contribution is 2.34. The molecule has 0 spiro atoms. The molecule has 4 rings (SSSR count). The highest BCUT2D eigenvalue weighted by Gasteiger charge is 2.32. The van der Waals surface area contributed by atoms with Gasteiger partial charge in [0, 0.05) is 0 Å². The number of carbonyl (C=O) groups excluding carboxylic acids is 4. The van der Waals surface area contributed by atoms with Crippen LogP contribution in [-0.2, 0) is 19.2 Å². The van der Waals surface area contributed by atoms with Crippen LogP contribution < -0.4 is 22.1 Å². The minimum atomic E-state index is -1.05. The van der Waals surface area contributed by atoms with E-state index in [4.69, 9.17) is 11.5 Å². The van der Waals surface area contributed by atoms with Crippen molar-refractivity contribution in [2.45, 2.75) is 53.6 Å². The Labute approximate surface area is 255 Å². The number of aromatic amines is 2. The average molecular weight is 599 g/mol. The maximum atomic E-state index is 12.0. The quantitative estimate of drug-likeness (QED) is 0.176. The Kier molecular flexibility index (Phi) is 8.75. The number of hydrogen-bond acceptors (Lipinski definition) is 6. The highest BCUT2D eigenvalue weighted by molar-refractivity contribution is 6.34. The molecule has 4 amide bonds. The summed E-state index contributed by atoms with van der Waals surface area (Å²) in [4.78, 5) is 62.1. The maximum Gasteiger partial charge on any atom is 0.309 e. The molecule has 8 N–H and O–H groups in total. The zero-order valence-electron chi connectivity index (χ0n) is 25.6. The van der Waals surface area contributed by atoms with Crippen LogP contribution in [0.3, 0.4) is 0 Å². The van der Waals surface area contributed by atoms with Gasteiger partial charge in [0.2, 0.25) is 0 Å². The van der Waals surface area contributed by atoms with E-state index >= 15 is 0 Å². The Morgan fingerprint density at radius 1 is 0.591 bits per heavy atom. The fourth-order valence-corrected chi connectivity index (χ4v) is 4.74. The van der Waals surface area contributed by atoms with E-state index in [0.29, 0.717) is 11.6 Å². The van der Waals surface area contributed by atoms with E-state index in [-0.39, 0.29) is 0 Å². The van der Waals surface area contributed by atoms with Crippen molar-refractivity contribution >= 4 is 23.6 Å². The summed E-state index contributed by atoms with van der Waals surface area (Å²) < 4.78 is 0. The van der Waals surface area contributed by atoms with Crippen LogP contribution >= 0.6 is 0 Å². The van der Waals surface area contributed by atoms with Crippen LogP contribution in [0.1, 0.15) is 65.3 Å². The molecular weight excluding hydrogens is 560 g/mol. The van der Waals surface area contributed by atoms with Crippen molar-refractivity contribution in [3.05, 3.63) is 72.6 Å². The van der Waals surface area contributed by atoms with E-state index in [2.05, 4.69) is 30.6 Å². The fourth-order valence-electron chi connectivity index (χ4n) is 4.74. The minimum absolute atomic E-state index is 0.427. The predicted molar refractivity (Wildman–Crippen MR) is 166 cm³/mol. The number of rotatable bonds is 7. The Hall–Kier alpha value is -5.26. The van der Waals surface area contributed by atoms with Crippen LogP contribution in [0.4, 0.5) is 0 Å². The van der Waals surface area contributed by atoms with E-state index in [1.54, 1.807) is 12.4 Å². The number of nitrogens with one attached hydrogen (secondary N) is 4. The number of imidazole rings is 2. The van der Waals surface area contributed by atoms with Crippen LogP contribution in [-0.4, -0.2) is 43.6 Å². The van der Waals surface area contributed by atoms with Gasteiger partial charge >= 0.3 is 23.6 Å². The summed E-state index contributed by atoms with van der Waals surface area (Å²) in [5.41, 5.74) is 14.8. The molecule has 2 heterocycles. The van der Waals surface area contributed by atoms with E-state index in [0.717, 1.165) is 33.6 Å². The lowest BCUT2D eigenvalue weighted by atomic mass is 9.86. The lowest BCUT2D eigenvalue weighted by Gasteiger charge is -2.29. The van der Waals surface area contributed by atoms with Crippen molar-refractivity contribution in [3.63, 3.8) is 0 Å². The summed E-state index contributed by atoms with van der Waals surface area (Å²) in [6, 6.07) is 14.8.